The Morgan fingerprint density at radius 2 is 1.64 bits per heavy atom. The fourth-order valence-electron chi connectivity index (χ4n) is 2.12. The minimum atomic E-state index is -2.56. The van der Waals surface area contributed by atoms with E-state index in [0.29, 0.717) is 16.7 Å². The van der Waals surface area contributed by atoms with E-state index in [4.69, 9.17) is 4.74 Å². The van der Waals surface area contributed by atoms with Gasteiger partial charge in [-0.25, -0.2) is 9.18 Å². The largest absolute Gasteiger partial charge is 0.444 e. The number of halogens is 3. The monoisotopic (exact) mass is 412 g/mol. The van der Waals surface area contributed by atoms with Crippen molar-refractivity contribution < 1.29 is 27.5 Å². The van der Waals surface area contributed by atoms with E-state index in [1.54, 1.807) is 20.8 Å². The van der Waals surface area contributed by atoms with Crippen LogP contribution in [0.4, 0.5) is 29.3 Å². The molecule has 0 heterocycles. The van der Waals surface area contributed by atoms with Gasteiger partial charge in [0.1, 0.15) is 11.4 Å². The zero-order valence-electron chi connectivity index (χ0n) is 15.4. The molecule has 2 amide bonds. The number of ether oxygens (including phenoxy) is 1. The smallest absolute Gasteiger partial charge is 0.412 e. The highest BCUT2D eigenvalue weighted by Gasteiger charge is 2.18. The normalized spacial score (nSPS) is 11.2. The molecule has 0 aliphatic heterocycles. The third-order valence-electron chi connectivity index (χ3n) is 3.21. The lowest BCUT2D eigenvalue weighted by Gasteiger charge is -2.20. The van der Waals surface area contributed by atoms with Crippen molar-refractivity contribution in [3.05, 3.63) is 53.8 Å². The molecule has 9 heteroatoms. The minimum absolute atomic E-state index is 0.0295. The number of alkyl halides is 2. The van der Waals surface area contributed by atoms with Gasteiger partial charge in [0.25, 0.3) is 11.7 Å². The molecule has 0 saturated carbocycles. The molecule has 0 aliphatic rings. The van der Waals surface area contributed by atoms with Crippen LogP contribution < -0.4 is 10.6 Å². The molecule has 28 heavy (non-hydrogen) atoms. The van der Waals surface area contributed by atoms with Crippen LogP contribution in [-0.4, -0.2) is 23.4 Å². The van der Waals surface area contributed by atoms with E-state index in [-0.39, 0.29) is 16.9 Å². The van der Waals surface area contributed by atoms with E-state index >= 15 is 0 Å². The molecule has 0 spiro atoms. The predicted molar refractivity (Wildman–Crippen MR) is 103 cm³/mol. The van der Waals surface area contributed by atoms with Gasteiger partial charge >= 0.3 is 6.09 Å². The van der Waals surface area contributed by atoms with Crippen LogP contribution in [0.2, 0.25) is 0 Å². The van der Waals surface area contributed by atoms with Gasteiger partial charge in [0.2, 0.25) is 0 Å². The quantitative estimate of drug-likeness (QED) is 0.615. The van der Waals surface area contributed by atoms with Gasteiger partial charge < -0.3 is 10.1 Å². The molecule has 0 atom stereocenters. The lowest BCUT2D eigenvalue weighted by Crippen LogP contribution is -2.27. The maximum atomic E-state index is 13.6. The summed E-state index contributed by atoms with van der Waals surface area (Å²) in [5.41, 5.74) is -0.368. The molecule has 2 aromatic rings. The average Bonchev–Trinajstić information content (AvgIpc) is 2.55. The van der Waals surface area contributed by atoms with E-state index in [2.05, 4.69) is 10.6 Å². The molecular weight excluding hydrogens is 393 g/mol. The van der Waals surface area contributed by atoms with Crippen LogP contribution in [0.1, 0.15) is 31.1 Å². The summed E-state index contributed by atoms with van der Waals surface area (Å²) in [5.74, 6) is -3.77. The molecular formula is C19H19F3N2O3S. The molecule has 0 aromatic heterocycles. The maximum absolute atomic E-state index is 13.6. The highest BCUT2D eigenvalue weighted by molar-refractivity contribution is 7.99. The fourth-order valence-corrected chi connectivity index (χ4v) is 2.62. The molecule has 5 nitrogen and oxygen atoms in total. The van der Waals surface area contributed by atoms with Crippen molar-refractivity contribution in [2.75, 3.05) is 10.6 Å². The minimum Gasteiger partial charge on any atom is -0.444 e. The van der Waals surface area contributed by atoms with Crippen molar-refractivity contribution in [3.63, 3.8) is 0 Å². The standard InChI is InChI=1S/C19H19F3N2O3S/c1-19(2,3)27-18(26)24-14-9-6-12(20)10-15(14)23-16(25)11-4-7-13(8-5-11)28-17(21)22/h4-10,17H,1-3H3,(H,23,25)(H,24,26). The first-order valence-corrected chi connectivity index (χ1v) is 9.07. The van der Waals surface area contributed by atoms with Crippen molar-refractivity contribution in [1.29, 1.82) is 0 Å². The summed E-state index contributed by atoms with van der Waals surface area (Å²) >= 11 is 0.362. The summed E-state index contributed by atoms with van der Waals surface area (Å²) in [6.45, 7) is 5.07. The van der Waals surface area contributed by atoms with Crippen LogP contribution >= 0.6 is 11.8 Å². The third-order valence-corrected chi connectivity index (χ3v) is 3.93. The van der Waals surface area contributed by atoms with Crippen molar-refractivity contribution in [2.45, 2.75) is 37.0 Å². The van der Waals surface area contributed by atoms with Gasteiger partial charge in [-0.2, -0.15) is 8.78 Å². The zero-order valence-corrected chi connectivity index (χ0v) is 16.2. The van der Waals surface area contributed by atoms with Crippen LogP contribution in [0.5, 0.6) is 0 Å². The van der Waals surface area contributed by atoms with E-state index < -0.39 is 29.2 Å². The Kier molecular flexibility index (Phi) is 6.95. The highest BCUT2D eigenvalue weighted by Crippen LogP contribution is 2.27. The van der Waals surface area contributed by atoms with Gasteiger partial charge in [-0.05, 0) is 63.2 Å². The summed E-state index contributed by atoms with van der Waals surface area (Å²) in [7, 11) is 0. The topological polar surface area (TPSA) is 67.4 Å². The third kappa shape index (κ3) is 6.80. The SMILES string of the molecule is CC(C)(C)OC(=O)Nc1ccc(F)cc1NC(=O)c1ccc(SC(F)F)cc1. The van der Waals surface area contributed by atoms with E-state index in [9.17, 15) is 22.8 Å². The van der Waals surface area contributed by atoms with Crippen molar-refractivity contribution in [1.82, 2.24) is 0 Å². The molecule has 150 valence electrons. The lowest BCUT2D eigenvalue weighted by molar-refractivity contribution is 0.0635. The molecule has 2 aromatic carbocycles. The molecule has 0 unspecified atom stereocenters. The van der Waals surface area contributed by atoms with Crippen LogP contribution in [0.15, 0.2) is 47.4 Å². The molecule has 2 rings (SSSR count). The number of carbonyl (C=O) groups excluding carboxylic acids is 2. The Balaban J connectivity index is 2.15. The number of hydrogen-bond donors (Lipinski definition) is 2. The summed E-state index contributed by atoms with van der Waals surface area (Å²) in [5, 5.41) is 4.94. The molecule has 0 fully saturated rings. The van der Waals surface area contributed by atoms with Crippen LogP contribution in [0.3, 0.4) is 0 Å². The summed E-state index contributed by atoms with van der Waals surface area (Å²) in [6.07, 6.45) is -0.761. The number of thioether (sulfide) groups is 1. The van der Waals surface area contributed by atoms with Gasteiger partial charge in [-0.15, -0.1) is 0 Å². The second kappa shape index (κ2) is 9.01. The number of benzene rings is 2. The second-order valence-electron chi connectivity index (χ2n) is 6.67. The van der Waals surface area contributed by atoms with E-state index in [1.165, 1.54) is 30.3 Å². The number of carbonyl (C=O) groups is 2. The van der Waals surface area contributed by atoms with Crippen molar-refractivity contribution in [2.24, 2.45) is 0 Å². The van der Waals surface area contributed by atoms with Crippen LogP contribution in [-0.2, 0) is 4.74 Å². The Morgan fingerprint density at radius 1 is 1.00 bits per heavy atom. The first-order chi connectivity index (χ1) is 13.0. The number of nitrogens with one attached hydrogen (secondary N) is 2. The Labute approximate surface area is 164 Å². The Bertz CT molecular complexity index is 852. The molecule has 0 aliphatic carbocycles. The summed E-state index contributed by atoms with van der Waals surface area (Å²) in [6, 6.07) is 8.98. The van der Waals surface area contributed by atoms with Crippen molar-refractivity contribution in [3.8, 4) is 0 Å². The average molecular weight is 412 g/mol. The molecule has 0 radical (unpaired) electrons. The van der Waals surface area contributed by atoms with Gasteiger partial charge in [-0.3, -0.25) is 10.1 Å². The highest BCUT2D eigenvalue weighted by atomic mass is 32.2. The Hall–Kier alpha value is -2.68. The zero-order chi connectivity index (χ0) is 20.9. The van der Waals surface area contributed by atoms with Gasteiger partial charge in [-0.1, -0.05) is 11.8 Å². The predicted octanol–water partition coefficient (Wildman–Crippen LogP) is 5.74. The Morgan fingerprint density at radius 3 is 2.21 bits per heavy atom. The van der Waals surface area contributed by atoms with Crippen molar-refractivity contribution >= 4 is 35.1 Å². The second-order valence-corrected chi connectivity index (χ2v) is 7.74. The lowest BCUT2D eigenvalue weighted by atomic mass is 10.2. The maximum Gasteiger partial charge on any atom is 0.412 e. The van der Waals surface area contributed by atoms with E-state index in [0.717, 1.165) is 12.1 Å². The fraction of sp³-hybridized carbons (Fsp3) is 0.263. The number of rotatable bonds is 5. The summed E-state index contributed by atoms with van der Waals surface area (Å²) < 4.78 is 43.5. The van der Waals surface area contributed by atoms with Crippen LogP contribution in [0.25, 0.3) is 0 Å². The van der Waals surface area contributed by atoms with Gasteiger partial charge in [0.15, 0.2) is 0 Å². The molecule has 2 N–H and O–H groups in total. The van der Waals surface area contributed by atoms with Gasteiger partial charge in [0, 0.05) is 10.5 Å². The number of anilines is 2. The van der Waals surface area contributed by atoms with E-state index in [1.807, 2.05) is 0 Å². The first kappa shape index (κ1) is 21.6. The first-order valence-electron chi connectivity index (χ1n) is 8.19. The molecule has 0 saturated heterocycles. The van der Waals surface area contributed by atoms with Crippen LogP contribution in [0, 0.1) is 5.82 Å². The molecule has 0 bridgehead atoms. The number of hydrogen-bond acceptors (Lipinski definition) is 4. The number of amides is 2. The van der Waals surface area contributed by atoms with Gasteiger partial charge in [0.05, 0.1) is 11.4 Å². The summed E-state index contributed by atoms with van der Waals surface area (Å²) in [4.78, 5) is 24.6.